The van der Waals surface area contributed by atoms with Crippen LogP contribution in [0.1, 0.15) is 24.1 Å². The molecule has 2 rings (SSSR count). The standard InChI is InChI=1S/C12H13FIN3/c1-7-3-4-9(5-10(7)13)8(2)17-12(15)11(14)6-16-17/h3-6,8H,15H2,1-2H3. The van der Waals surface area contributed by atoms with Gasteiger partial charge in [-0.1, -0.05) is 12.1 Å². The van der Waals surface area contributed by atoms with Gasteiger partial charge in [-0.05, 0) is 53.6 Å². The second-order valence-electron chi connectivity index (χ2n) is 4.01. The maximum absolute atomic E-state index is 13.5. The minimum atomic E-state index is -0.199. The van der Waals surface area contributed by atoms with Crippen LogP contribution in [0.15, 0.2) is 24.4 Å². The Bertz CT molecular complexity index is 551. The summed E-state index contributed by atoms with van der Waals surface area (Å²) in [5.41, 5.74) is 7.41. The number of aryl methyl sites for hydroxylation is 1. The molecule has 0 spiro atoms. The van der Waals surface area contributed by atoms with E-state index in [1.807, 2.05) is 13.0 Å². The SMILES string of the molecule is Cc1ccc(C(C)n2ncc(I)c2N)cc1F. The van der Waals surface area contributed by atoms with Crippen LogP contribution in [0.3, 0.4) is 0 Å². The fraction of sp³-hybridized carbons (Fsp3) is 0.250. The third-order valence-corrected chi connectivity index (χ3v) is 3.66. The zero-order chi connectivity index (χ0) is 12.6. The van der Waals surface area contributed by atoms with Crippen molar-refractivity contribution in [1.82, 2.24) is 9.78 Å². The number of rotatable bonds is 2. The Morgan fingerprint density at radius 1 is 1.47 bits per heavy atom. The number of nitrogens with zero attached hydrogens (tertiary/aromatic N) is 2. The lowest BCUT2D eigenvalue weighted by Crippen LogP contribution is -2.12. The maximum Gasteiger partial charge on any atom is 0.135 e. The van der Waals surface area contributed by atoms with Gasteiger partial charge in [0, 0.05) is 0 Å². The van der Waals surface area contributed by atoms with Crippen LogP contribution in [0.2, 0.25) is 0 Å². The van der Waals surface area contributed by atoms with E-state index in [-0.39, 0.29) is 11.9 Å². The molecular weight excluding hydrogens is 332 g/mol. The molecule has 2 N–H and O–H groups in total. The van der Waals surface area contributed by atoms with Gasteiger partial charge in [0.05, 0.1) is 15.8 Å². The Kier molecular flexibility index (Phi) is 3.37. The normalized spacial score (nSPS) is 12.7. The van der Waals surface area contributed by atoms with Gasteiger partial charge in [-0.25, -0.2) is 9.07 Å². The van der Waals surface area contributed by atoms with E-state index in [0.717, 1.165) is 9.13 Å². The molecule has 0 saturated heterocycles. The molecule has 3 nitrogen and oxygen atoms in total. The number of anilines is 1. The predicted octanol–water partition coefficient (Wildman–Crippen LogP) is 3.13. The number of hydrogen-bond donors (Lipinski definition) is 1. The van der Waals surface area contributed by atoms with Crippen LogP contribution in [-0.4, -0.2) is 9.78 Å². The molecule has 1 unspecified atom stereocenters. The Balaban J connectivity index is 2.40. The van der Waals surface area contributed by atoms with Crippen LogP contribution in [0.25, 0.3) is 0 Å². The van der Waals surface area contributed by atoms with Crippen molar-refractivity contribution in [2.24, 2.45) is 0 Å². The van der Waals surface area contributed by atoms with E-state index >= 15 is 0 Å². The molecule has 0 radical (unpaired) electrons. The number of nitrogens with two attached hydrogens (primary N) is 1. The first-order valence-corrected chi connectivity index (χ1v) is 6.33. The van der Waals surface area contributed by atoms with Crippen molar-refractivity contribution in [2.45, 2.75) is 19.9 Å². The van der Waals surface area contributed by atoms with Gasteiger partial charge >= 0.3 is 0 Å². The highest BCUT2D eigenvalue weighted by atomic mass is 127. The molecule has 0 aliphatic carbocycles. The Labute approximate surface area is 113 Å². The molecule has 1 aromatic carbocycles. The fourth-order valence-corrected chi connectivity index (χ4v) is 2.04. The predicted molar refractivity (Wildman–Crippen MR) is 74.3 cm³/mol. The molecular formula is C12H13FIN3. The van der Waals surface area contributed by atoms with Gasteiger partial charge in [0.1, 0.15) is 11.6 Å². The van der Waals surface area contributed by atoms with Gasteiger partial charge in [0.2, 0.25) is 0 Å². The molecule has 90 valence electrons. The molecule has 1 atom stereocenters. The third-order valence-electron chi connectivity index (χ3n) is 2.83. The Morgan fingerprint density at radius 3 is 2.71 bits per heavy atom. The topological polar surface area (TPSA) is 43.8 Å². The highest BCUT2D eigenvalue weighted by Crippen LogP contribution is 2.24. The van der Waals surface area contributed by atoms with E-state index in [1.165, 1.54) is 6.07 Å². The Hall–Kier alpha value is -1.11. The lowest BCUT2D eigenvalue weighted by Gasteiger charge is -2.15. The van der Waals surface area contributed by atoms with Crippen LogP contribution in [0.5, 0.6) is 0 Å². The number of nitrogen functional groups attached to an aromatic ring is 1. The minimum Gasteiger partial charge on any atom is -0.383 e. The minimum absolute atomic E-state index is 0.0754. The van der Waals surface area contributed by atoms with E-state index in [1.54, 1.807) is 23.9 Å². The molecule has 0 aliphatic rings. The van der Waals surface area contributed by atoms with Crippen molar-refractivity contribution in [2.75, 3.05) is 5.73 Å². The van der Waals surface area contributed by atoms with Gasteiger partial charge in [-0.15, -0.1) is 0 Å². The second kappa shape index (κ2) is 4.64. The molecule has 0 fully saturated rings. The lowest BCUT2D eigenvalue weighted by molar-refractivity contribution is 0.561. The molecule has 0 amide bonds. The lowest BCUT2D eigenvalue weighted by atomic mass is 10.1. The first kappa shape index (κ1) is 12.3. The van der Waals surface area contributed by atoms with Crippen molar-refractivity contribution in [1.29, 1.82) is 0 Å². The molecule has 17 heavy (non-hydrogen) atoms. The van der Waals surface area contributed by atoms with Crippen molar-refractivity contribution in [3.05, 3.63) is 44.9 Å². The summed E-state index contributed by atoms with van der Waals surface area (Å²) in [5, 5.41) is 4.21. The van der Waals surface area contributed by atoms with Crippen LogP contribution >= 0.6 is 22.6 Å². The number of hydrogen-bond acceptors (Lipinski definition) is 2. The summed E-state index contributed by atoms with van der Waals surface area (Å²) in [6.07, 6.45) is 1.71. The van der Waals surface area contributed by atoms with Crippen LogP contribution < -0.4 is 5.73 Å². The van der Waals surface area contributed by atoms with E-state index in [2.05, 4.69) is 27.7 Å². The molecule has 0 aliphatic heterocycles. The smallest absolute Gasteiger partial charge is 0.135 e. The summed E-state index contributed by atoms with van der Waals surface area (Å²) in [5.74, 6) is 0.411. The molecule has 1 heterocycles. The summed E-state index contributed by atoms with van der Waals surface area (Å²) >= 11 is 2.13. The van der Waals surface area contributed by atoms with Crippen molar-refractivity contribution < 1.29 is 4.39 Å². The summed E-state index contributed by atoms with van der Waals surface area (Å²) < 4.78 is 16.1. The van der Waals surface area contributed by atoms with Crippen molar-refractivity contribution in [3.8, 4) is 0 Å². The molecule has 0 bridgehead atoms. The maximum atomic E-state index is 13.5. The molecule has 1 aromatic heterocycles. The summed E-state index contributed by atoms with van der Waals surface area (Å²) in [6, 6.07) is 5.13. The highest BCUT2D eigenvalue weighted by molar-refractivity contribution is 14.1. The summed E-state index contributed by atoms with van der Waals surface area (Å²) in [7, 11) is 0. The van der Waals surface area contributed by atoms with E-state index in [4.69, 9.17) is 5.73 Å². The van der Waals surface area contributed by atoms with Crippen LogP contribution in [0, 0.1) is 16.3 Å². The molecule has 0 saturated carbocycles. The van der Waals surface area contributed by atoms with Gasteiger partial charge in [-0.2, -0.15) is 5.10 Å². The average Bonchev–Trinajstić information content (AvgIpc) is 2.63. The highest BCUT2D eigenvalue weighted by Gasteiger charge is 2.14. The quantitative estimate of drug-likeness (QED) is 0.850. The second-order valence-corrected chi connectivity index (χ2v) is 5.17. The fourth-order valence-electron chi connectivity index (χ4n) is 1.67. The van der Waals surface area contributed by atoms with E-state index in [9.17, 15) is 4.39 Å². The molecule has 2 aromatic rings. The van der Waals surface area contributed by atoms with Gasteiger partial charge < -0.3 is 5.73 Å². The number of halogens is 2. The summed E-state index contributed by atoms with van der Waals surface area (Å²) in [4.78, 5) is 0. The van der Waals surface area contributed by atoms with E-state index in [0.29, 0.717) is 11.4 Å². The number of aromatic nitrogens is 2. The monoisotopic (exact) mass is 345 g/mol. The van der Waals surface area contributed by atoms with E-state index < -0.39 is 0 Å². The van der Waals surface area contributed by atoms with Crippen molar-refractivity contribution >= 4 is 28.4 Å². The third kappa shape index (κ3) is 2.29. The number of benzene rings is 1. The van der Waals surface area contributed by atoms with Gasteiger partial charge in [-0.3, -0.25) is 0 Å². The Morgan fingerprint density at radius 2 is 2.18 bits per heavy atom. The van der Waals surface area contributed by atoms with Gasteiger partial charge in [0.15, 0.2) is 0 Å². The summed E-state index contributed by atoms with van der Waals surface area (Å²) in [6.45, 7) is 3.69. The first-order valence-electron chi connectivity index (χ1n) is 5.25. The van der Waals surface area contributed by atoms with Gasteiger partial charge in [0.25, 0.3) is 0 Å². The average molecular weight is 345 g/mol. The van der Waals surface area contributed by atoms with Crippen molar-refractivity contribution in [3.63, 3.8) is 0 Å². The first-order chi connectivity index (χ1) is 8.00. The zero-order valence-corrected chi connectivity index (χ0v) is 11.8. The zero-order valence-electron chi connectivity index (χ0n) is 9.61. The van der Waals surface area contributed by atoms with Crippen LogP contribution in [0.4, 0.5) is 10.2 Å². The largest absolute Gasteiger partial charge is 0.383 e. The van der Waals surface area contributed by atoms with Crippen LogP contribution in [-0.2, 0) is 0 Å². The molecule has 5 heteroatoms.